The minimum absolute atomic E-state index is 0.0710. The second kappa shape index (κ2) is 5.75. The van der Waals surface area contributed by atoms with E-state index in [2.05, 4.69) is 4.72 Å². The van der Waals surface area contributed by atoms with Crippen molar-refractivity contribution >= 4 is 16.0 Å². The van der Waals surface area contributed by atoms with Crippen LogP contribution in [-0.4, -0.2) is 25.5 Å². The highest BCUT2D eigenvalue weighted by Crippen LogP contribution is 2.20. The maximum Gasteiger partial charge on any atom is 0.371 e. The molecule has 2 N–H and O–H groups in total. The summed E-state index contributed by atoms with van der Waals surface area (Å²) in [4.78, 5) is 10.6. The van der Waals surface area contributed by atoms with Crippen molar-refractivity contribution in [2.75, 3.05) is 0 Å². The van der Waals surface area contributed by atoms with Gasteiger partial charge in [-0.05, 0) is 26.2 Å². The number of hydrogen-bond donors (Lipinski definition) is 2. The number of carboxylic acid groups (broad SMARTS) is 1. The highest BCUT2D eigenvalue weighted by atomic mass is 32.2. The number of nitrogens with one attached hydrogen (secondary N) is 1. The lowest BCUT2D eigenvalue weighted by molar-refractivity contribution is 0.0661. The molecule has 0 aliphatic heterocycles. The van der Waals surface area contributed by atoms with Crippen LogP contribution in [0.25, 0.3) is 0 Å². The number of carboxylic acids is 1. The van der Waals surface area contributed by atoms with E-state index in [4.69, 9.17) is 9.52 Å². The molecule has 0 aliphatic rings. The Hall–Kier alpha value is -1.34. The number of aromatic carboxylic acids is 1. The van der Waals surface area contributed by atoms with Gasteiger partial charge in [-0.3, -0.25) is 0 Å². The zero-order valence-electron chi connectivity index (χ0n) is 11.4. The van der Waals surface area contributed by atoms with Gasteiger partial charge in [0.05, 0.1) is 0 Å². The van der Waals surface area contributed by atoms with Crippen molar-refractivity contribution in [1.29, 1.82) is 0 Å². The molecule has 0 saturated carbocycles. The van der Waals surface area contributed by atoms with E-state index in [1.807, 2.05) is 13.8 Å². The van der Waals surface area contributed by atoms with Gasteiger partial charge in [-0.25, -0.2) is 17.9 Å². The van der Waals surface area contributed by atoms with E-state index in [1.165, 1.54) is 6.92 Å². The Balaban J connectivity index is 2.97. The standard InChI is InChI=1S/C12H19NO5S/c1-7(2)5-8(3)13-19(16,17)11-6-10(12(14)15)18-9(11)4/h6-8,13H,5H2,1-4H3,(H,14,15). The van der Waals surface area contributed by atoms with Crippen molar-refractivity contribution in [3.63, 3.8) is 0 Å². The first-order chi connectivity index (χ1) is 8.63. The Bertz CT molecular complexity index is 559. The third-order valence-corrected chi connectivity index (χ3v) is 4.25. The molecule has 1 aromatic rings. The summed E-state index contributed by atoms with van der Waals surface area (Å²) < 4.78 is 31.7. The SMILES string of the molecule is Cc1oc(C(=O)O)cc1S(=O)(=O)NC(C)CC(C)C. The largest absolute Gasteiger partial charge is 0.475 e. The molecule has 0 aromatic carbocycles. The number of rotatable bonds is 6. The van der Waals surface area contributed by atoms with Crippen LogP contribution in [0.5, 0.6) is 0 Å². The Morgan fingerprint density at radius 2 is 2.00 bits per heavy atom. The summed E-state index contributed by atoms with van der Waals surface area (Å²) in [7, 11) is -3.76. The van der Waals surface area contributed by atoms with Crippen LogP contribution in [0.4, 0.5) is 0 Å². The van der Waals surface area contributed by atoms with Gasteiger partial charge in [0, 0.05) is 12.1 Å². The van der Waals surface area contributed by atoms with Crippen LogP contribution in [0.1, 0.15) is 43.5 Å². The van der Waals surface area contributed by atoms with Gasteiger partial charge in [-0.15, -0.1) is 0 Å². The molecule has 0 saturated heterocycles. The molecule has 19 heavy (non-hydrogen) atoms. The molecule has 1 atom stereocenters. The quantitative estimate of drug-likeness (QED) is 0.835. The molecule has 0 fully saturated rings. The highest BCUT2D eigenvalue weighted by molar-refractivity contribution is 7.89. The van der Waals surface area contributed by atoms with Crippen LogP contribution in [0, 0.1) is 12.8 Å². The maximum atomic E-state index is 12.1. The lowest BCUT2D eigenvalue weighted by Crippen LogP contribution is -2.33. The highest BCUT2D eigenvalue weighted by Gasteiger charge is 2.25. The molecule has 0 radical (unpaired) electrons. The van der Waals surface area contributed by atoms with Gasteiger partial charge in [0.15, 0.2) is 0 Å². The summed E-state index contributed by atoms with van der Waals surface area (Å²) in [5.74, 6) is -1.24. The number of aryl methyl sites for hydroxylation is 1. The maximum absolute atomic E-state index is 12.1. The average molecular weight is 289 g/mol. The van der Waals surface area contributed by atoms with Gasteiger partial charge >= 0.3 is 5.97 Å². The molecule has 6 nitrogen and oxygen atoms in total. The lowest BCUT2D eigenvalue weighted by atomic mass is 10.1. The molecule has 1 unspecified atom stereocenters. The van der Waals surface area contributed by atoms with Gasteiger partial charge in [-0.2, -0.15) is 0 Å². The van der Waals surface area contributed by atoms with E-state index >= 15 is 0 Å². The van der Waals surface area contributed by atoms with E-state index in [0.29, 0.717) is 12.3 Å². The third kappa shape index (κ3) is 4.07. The Kier molecular flexibility index (Phi) is 4.75. The Morgan fingerprint density at radius 1 is 1.42 bits per heavy atom. The normalized spacial score (nSPS) is 13.7. The topological polar surface area (TPSA) is 96.6 Å². The average Bonchev–Trinajstić information content (AvgIpc) is 2.58. The molecule has 0 bridgehead atoms. The van der Waals surface area contributed by atoms with Gasteiger partial charge in [0.25, 0.3) is 0 Å². The number of carbonyl (C=O) groups is 1. The zero-order valence-corrected chi connectivity index (χ0v) is 12.2. The first kappa shape index (κ1) is 15.7. The van der Waals surface area contributed by atoms with Crippen LogP contribution in [0.3, 0.4) is 0 Å². The van der Waals surface area contributed by atoms with E-state index in [-0.39, 0.29) is 22.5 Å². The second-order valence-electron chi connectivity index (χ2n) is 4.99. The molecular weight excluding hydrogens is 270 g/mol. The summed E-state index contributed by atoms with van der Waals surface area (Å²) in [5.41, 5.74) is 0. The van der Waals surface area contributed by atoms with E-state index in [0.717, 1.165) is 6.07 Å². The van der Waals surface area contributed by atoms with Gasteiger partial charge in [0.2, 0.25) is 15.8 Å². The Morgan fingerprint density at radius 3 is 2.42 bits per heavy atom. The van der Waals surface area contributed by atoms with E-state index in [9.17, 15) is 13.2 Å². The van der Waals surface area contributed by atoms with Crippen LogP contribution in [-0.2, 0) is 10.0 Å². The predicted molar refractivity (Wildman–Crippen MR) is 69.6 cm³/mol. The van der Waals surface area contributed by atoms with E-state index < -0.39 is 16.0 Å². The molecule has 1 rings (SSSR count). The van der Waals surface area contributed by atoms with Crippen molar-refractivity contribution in [1.82, 2.24) is 4.72 Å². The second-order valence-corrected chi connectivity index (χ2v) is 6.67. The zero-order chi connectivity index (χ0) is 14.8. The fourth-order valence-electron chi connectivity index (χ4n) is 1.92. The molecule has 108 valence electrons. The molecule has 0 amide bonds. The van der Waals surface area contributed by atoms with Crippen molar-refractivity contribution < 1.29 is 22.7 Å². The van der Waals surface area contributed by atoms with Crippen molar-refractivity contribution in [3.8, 4) is 0 Å². The molecule has 7 heteroatoms. The smallest absolute Gasteiger partial charge is 0.371 e. The van der Waals surface area contributed by atoms with Gasteiger partial charge in [-0.1, -0.05) is 13.8 Å². The molecule has 0 aliphatic carbocycles. The number of hydrogen-bond acceptors (Lipinski definition) is 4. The summed E-state index contributed by atoms with van der Waals surface area (Å²) in [6, 6.07) is 0.801. The van der Waals surface area contributed by atoms with Crippen LogP contribution in [0.2, 0.25) is 0 Å². The number of sulfonamides is 1. The monoisotopic (exact) mass is 289 g/mol. The molecule has 1 heterocycles. The first-order valence-corrected chi connectivity index (χ1v) is 7.48. The van der Waals surface area contributed by atoms with Gasteiger partial charge in [0.1, 0.15) is 10.7 Å². The molecule has 1 aromatic heterocycles. The van der Waals surface area contributed by atoms with E-state index in [1.54, 1.807) is 6.92 Å². The Labute approximate surface area is 112 Å². The van der Waals surface area contributed by atoms with Crippen molar-refractivity contribution in [2.45, 2.75) is 45.1 Å². The van der Waals surface area contributed by atoms with Crippen LogP contribution >= 0.6 is 0 Å². The first-order valence-electron chi connectivity index (χ1n) is 5.99. The third-order valence-electron chi connectivity index (χ3n) is 2.55. The van der Waals surface area contributed by atoms with Crippen molar-refractivity contribution in [2.24, 2.45) is 5.92 Å². The molecule has 0 spiro atoms. The summed E-state index contributed by atoms with van der Waals surface area (Å²) in [6.45, 7) is 7.19. The van der Waals surface area contributed by atoms with Gasteiger partial charge < -0.3 is 9.52 Å². The minimum atomic E-state index is -3.76. The fourth-order valence-corrected chi connectivity index (χ4v) is 3.36. The summed E-state index contributed by atoms with van der Waals surface area (Å²) in [6.07, 6.45) is 0.696. The van der Waals surface area contributed by atoms with Crippen LogP contribution in [0.15, 0.2) is 15.4 Å². The van der Waals surface area contributed by atoms with Crippen LogP contribution < -0.4 is 4.72 Å². The summed E-state index contributed by atoms with van der Waals surface area (Å²) in [5, 5.41) is 8.78. The van der Waals surface area contributed by atoms with Crippen molar-refractivity contribution in [3.05, 3.63) is 17.6 Å². The molecular formula is C12H19NO5S. The number of furan rings is 1. The fraction of sp³-hybridized carbons (Fsp3) is 0.583. The lowest BCUT2D eigenvalue weighted by Gasteiger charge is -2.15. The predicted octanol–water partition coefficient (Wildman–Crippen LogP) is 2.00. The minimum Gasteiger partial charge on any atom is -0.475 e. The summed E-state index contributed by atoms with van der Waals surface area (Å²) >= 11 is 0.